The summed E-state index contributed by atoms with van der Waals surface area (Å²) >= 11 is 0. The lowest BCUT2D eigenvalue weighted by atomic mass is 10.2. The Hall–Kier alpha value is -1.55. The van der Waals surface area contributed by atoms with Gasteiger partial charge in [0.25, 0.3) is 0 Å². The molecule has 2 N–H and O–H groups in total. The summed E-state index contributed by atoms with van der Waals surface area (Å²) in [6.45, 7) is 4.59. The van der Waals surface area contributed by atoms with Gasteiger partial charge in [-0.2, -0.15) is 0 Å². The number of hydrogen-bond acceptors (Lipinski definition) is 2. The Labute approximate surface area is 109 Å². The van der Waals surface area contributed by atoms with Gasteiger partial charge in [-0.1, -0.05) is 31.5 Å². The van der Waals surface area contributed by atoms with Gasteiger partial charge in [-0.25, -0.2) is 4.79 Å². The highest BCUT2D eigenvalue weighted by Crippen LogP contribution is 2.15. The zero-order chi connectivity index (χ0) is 13.4. The van der Waals surface area contributed by atoms with Crippen LogP contribution in [0.2, 0.25) is 0 Å². The number of urea groups is 1. The second kappa shape index (κ2) is 7.71. The lowest BCUT2D eigenvalue weighted by Gasteiger charge is -2.15. The lowest BCUT2D eigenvalue weighted by Crippen LogP contribution is -2.36. The predicted octanol–water partition coefficient (Wildman–Crippen LogP) is 3.14. The zero-order valence-electron chi connectivity index (χ0n) is 11.3. The molecular formula is C14H22N2O2. The topological polar surface area (TPSA) is 50.4 Å². The summed E-state index contributed by atoms with van der Waals surface area (Å²) in [5, 5.41) is 5.76. The average Bonchev–Trinajstić information content (AvgIpc) is 2.32. The molecule has 0 saturated carbocycles. The van der Waals surface area contributed by atoms with Crippen molar-refractivity contribution < 1.29 is 9.53 Å². The van der Waals surface area contributed by atoms with Gasteiger partial charge < -0.3 is 15.4 Å². The molecule has 1 unspecified atom stereocenters. The highest BCUT2D eigenvalue weighted by molar-refractivity contribution is 5.90. The SMILES string of the molecule is CCCC(C)NC(=O)Nc1ccccc1COC. The Bertz CT molecular complexity index is 380. The van der Waals surface area contributed by atoms with E-state index in [1.54, 1.807) is 7.11 Å². The number of nitrogens with one attached hydrogen (secondary N) is 2. The molecule has 0 bridgehead atoms. The summed E-state index contributed by atoms with van der Waals surface area (Å²) in [4.78, 5) is 11.8. The number of carbonyl (C=O) groups excluding carboxylic acids is 1. The van der Waals surface area contributed by atoms with Crippen molar-refractivity contribution in [1.29, 1.82) is 0 Å². The molecule has 0 aromatic heterocycles. The third-order valence-electron chi connectivity index (χ3n) is 2.66. The number of rotatable bonds is 6. The maximum absolute atomic E-state index is 11.8. The number of carbonyl (C=O) groups is 1. The molecule has 0 aliphatic rings. The van der Waals surface area contributed by atoms with Crippen molar-refractivity contribution in [3.8, 4) is 0 Å². The summed E-state index contributed by atoms with van der Waals surface area (Å²) in [6, 6.07) is 7.65. The van der Waals surface area contributed by atoms with Crippen LogP contribution in [0.5, 0.6) is 0 Å². The van der Waals surface area contributed by atoms with Crippen LogP contribution in [0.15, 0.2) is 24.3 Å². The molecule has 1 atom stereocenters. The van der Waals surface area contributed by atoms with Gasteiger partial charge in [0.1, 0.15) is 0 Å². The third-order valence-corrected chi connectivity index (χ3v) is 2.66. The number of methoxy groups -OCH3 is 1. The Morgan fingerprint density at radius 2 is 2.11 bits per heavy atom. The Morgan fingerprint density at radius 1 is 1.39 bits per heavy atom. The van der Waals surface area contributed by atoms with Gasteiger partial charge in [0.05, 0.1) is 6.61 Å². The Kier molecular flexibility index (Phi) is 6.22. The van der Waals surface area contributed by atoms with E-state index in [0.29, 0.717) is 6.61 Å². The lowest BCUT2D eigenvalue weighted by molar-refractivity contribution is 0.185. The average molecular weight is 250 g/mol. The van der Waals surface area contributed by atoms with Crippen LogP contribution in [-0.4, -0.2) is 19.2 Å². The molecule has 0 radical (unpaired) electrons. The van der Waals surface area contributed by atoms with Crippen molar-refractivity contribution in [3.05, 3.63) is 29.8 Å². The van der Waals surface area contributed by atoms with Crippen LogP contribution in [-0.2, 0) is 11.3 Å². The fourth-order valence-electron chi connectivity index (χ4n) is 1.81. The third kappa shape index (κ3) is 4.75. The van der Waals surface area contributed by atoms with E-state index in [1.807, 2.05) is 31.2 Å². The molecule has 18 heavy (non-hydrogen) atoms. The van der Waals surface area contributed by atoms with Crippen molar-refractivity contribution >= 4 is 11.7 Å². The highest BCUT2D eigenvalue weighted by Gasteiger charge is 2.08. The first kappa shape index (κ1) is 14.5. The molecule has 0 fully saturated rings. The molecule has 2 amide bonds. The number of anilines is 1. The van der Waals surface area contributed by atoms with Crippen molar-refractivity contribution in [2.75, 3.05) is 12.4 Å². The van der Waals surface area contributed by atoms with E-state index >= 15 is 0 Å². The summed E-state index contributed by atoms with van der Waals surface area (Å²) in [5.74, 6) is 0. The predicted molar refractivity (Wildman–Crippen MR) is 73.7 cm³/mol. The minimum atomic E-state index is -0.167. The van der Waals surface area contributed by atoms with Gasteiger partial charge in [0, 0.05) is 24.4 Å². The molecule has 4 heteroatoms. The first-order chi connectivity index (χ1) is 8.67. The second-order valence-electron chi connectivity index (χ2n) is 4.38. The van der Waals surface area contributed by atoms with E-state index < -0.39 is 0 Å². The molecule has 1 aromatic carbocycles. The van der Waals surface area contributed by atoms with E-state index in [0.717, 1.165) is 24.1 Å². The number of amides is 2. The van der Waals surface area contributed by atoms with Crippen molar-refractivity contribution in [1.82, 2.24) is 5.32 Å². The molecule has 0 saturated heterocycles. The molecule has 0 spiro atoms. The van der Waals surface area contributed by atoms with Gasteiger partial charge in [-0.05, 0) is 19.4 Å². The number of ether oxygens (including phenoxy) is 1. The Morgan fingerprint density at radius 3 is 2.78 bits per heavy atom. The van der Waals surface area contributed by atoms with E-state index in [1.165, 1.54) is 0 Å². The van der Waals surface area contributed by atoms with Crippen LogP contribution < -0.4 is 10.6 Å². The van der Waals surface area contributed by atoms with Gasteiger partial charge in [0.2, 0.25) is 0 Å². The van der Waals surface area contributed by atoms with Crippen molar-refractivity contribution in [2.45, 2.75) is 39.3 Å². The van der Waals surface area contributed by atoms with E-state index in [4.69, 9.17) is 4.74 Å². The summed E-state index contributed by atoms with van der Waals surface area (Å²) in [7, 11) is 1.64. The van der Waals surface area contributed by atoms with Crippen LogP contribution >= 0.6 is 0 Å². The first-order valence-corrected chi connectivity index (χ1v) is 6.31. The molecule has 100 valence electrons. The Balaban J connectivity index is 2.58. The zero-order valence-corrected chi connectivity index (χ0v) is 11.3. The fourth-order valence-corrected chi connectivity index (χ4v) is 1.81. The summed E-state index contributed by atoms with van der Waals surface area (Å²) in [6.07, 6.45) is 2.04. The molecular weight excluding hydrogens is 228 g/mol. The quantitative estimate of drug-likeness (QED) is 0.815. The van der Waals surface area contributed by atoms with E-state index in [2.05, 4.69) is 17.6 Å². The van der Waals surface area contributed by atoms with Crippen molar-refractivity contribution in [3.63, 3.8) is 0 Å². The molecule has 1 rings (SSSR count). The minimum Gasteiger partial charge on any atom is -0.380 e. The number of hydrogen-bond donors (Lipinski definition) is 2. The fraction of sp³-hybridized carbons (Fsp3) is 0.500. The van der Waals surface area contributed by atoms with Gasteiger partial charge in [-0.15, -0.1) is 0 Å². The summed E-state index contributed by atoms with van der Waals surface area (Å²) in [5.41, 5.74) is 1.76. The minimum absolute atomic E-state index is 0.167. The number of benzene rings is 1. The van der Waals surface area contributed by atoms with Crippen LogP contribution in [0.3, 0.4) is 0 Å². The molecule has 4 nitrogen and oxygen atoms in total. The normalized spacial score (nSPS) is 11.9. The largest absolute Gasteiger partial charge is 0.380 e. The molecule has 0 heterocycles. The van der Waals surface area contributed by atoms with Gasteiger partial charge in [0.15, 0.2) is 0 Å². The standard InChI is InChI=1S/C14H22N2O2/c1-4-7-11(2)15-14(17)16-13-9-6-5-8-12(13)10-18-3/h5-6,8-9,11H,4,7,10H2,1-3H3,(H2,15,16,17). The van der Waals surface area contributed by atoms with Gasteiger partial charge >= 0.3 is 6.03 Å². The van der Waals surface area contributed by atoms with Crippen LogP contribution in [0, 0.1) is 0 Å². The maximum Gasteiger partial charge on any atom is 0.319 e. The number of para-hydroxylation sites is 1. The van der Waals surface area contributed by atoms with Crippen LogP contribution in [0.4, 0.5) is 10.5 Å². The van der Waals surface area contributed by atoms with Crippen LogP contribution in [0.1, 0.15) is 32.3 Å². The molecule has 0 aliphatic heterocycles. The second-order valence-corrected chi connectivity index (χ2v) is 4.38. The molecule has 0 aliphatic carbocycles. The maximum atomic E-state index is 11.8. The first-order valence-electron chi connectivity index (χ1n) is 6.31. The van der Waals surface area contributed by atoms with Crippen LogP contribution in [0.25, 0.3) is 0 Å². The van der Waals surface area contributed by atoms with E-state index in [-0.39, 0.29) is 12.1 Å². The van der Waals surface area contributed by atoms with Crippen molar-refractivity contribution in [2.24, 2.45) is 0 Å². The molecule has 1 aromatic rings. The van der Waals surface area contributed by atoms with Gasteiger partial charge in [-0.3, -0.25) is 0 Å². The summed E-state index contributed by atoms with van der Waals surface area (Å²) < 4.78 is 5.10. The smallest absolute Gasteiger partial charge is 0.319 e. The monoisotopic (exact) mass is 250 g/mol. The highest BCUT2D eigenvalue weighted by atomic mass is 16.5. The van der Waals surface area contributed by atoms with E-state index in [9.17, 15) is 4.79 Å².